The number of carbonyl (C=O) groups is 1. The number of carbonyl (C=O) groups excluding carboxylic acids is 1. The molecule has 0 radical (unpaired) electrons. The van der Waals surface area contributed by atoms with Crippen LogP contribution in [0.2, 0.25) is 0 Å². The van der Waals surface area contributed by atoms with Gasteiger partial charge in [0.2, 0.25) is 15.9 Å². The standard InChI is InChI=1S/C20H24N2O5S/c1-13-5-6-16(9-14(13)2)22-12-15(10-20(22)23)21-28(24,25)19-11-17(26-3)7-8-18(19)27-4/h5-9,11,15,21H,10,12H2,1-4H3/t15-/m1/s1. The third-order valence-electron chi connectivity index (χ3n) is 4.91. The van der Waals surface area contributed by atoms with E-state index in [0.717, 1.165) is 16.8 Å². The van der Waals surface area contributed by atoms with Gasteiger partial charge in [-0.05, 0) is 49.2 Å². The molecule has 1 aliphatic heterocycles. The Labute approximate surface area is 165 Å². The highest BCUT2D eigenvalue weighted by molar-refractivity contribution is 7.89. The van der Waals surface area contributed by atoms with E-state index in [-0.39, 0.29) is 29.5 Å². The maximum absolute atomic E-state index is 12.9. The summed E-state index contributed by atoms with van der Waals surface area (Å²) in [5, 5.41) is 0. The second-order valence-corrected chi connectivity index (χ2v) is 8.49. The molecule has 2 aromatic carbocycles. The van der Waals surface area contributed by atoms with E-state index in [0.29, 0.717) is 5.75 Å². The molecule has 0 saturated carbocycles. The number of aryl methyl sites for hydroxylation is 2. The van der Waals surface area contributed by atoms with Crippen LogP contribution in [0, 0.1) is 13.8 Å². The molecule has 0 spiro atoms. The lowest BCUT2D eigenvalue weighted by molar-refractivity contribution is -0.117. The Morgan fingerprint density at radius 1 is 1.04 bits per heavy atom. The minimum absolute atomic E-state index is 0.0218. The highest BCUT2D eigenvalue weighted by Crippen LogP contribution is 2.30. The minimum atomic E-state index is -3.90. The molecule has 7 nitrogen and oxygen atoms in total. The summed E-state index contributed by atoms with van der Waals surface area (Å²) in [7, 11) is -1.03. The Balaban J connectivity index is 1.82. The second kappa shape index (κ2) is 7.81. The molecular formula is C20H24N2O5S. The van der Waals surface area contributed by atoms with E-state index in [1.807, 2.05) is 32.0 Å². The van der Waals surface area contributed by atoms with E-state index in [1.54, 1.807) is 11.0 Å². The number of hydrogen-bond acceptors (Lipinski definition) is 5. The molecule has 1 saturated heterocycles. The van der Waals surface area contributed by atoms with Gasteiger partial charge < -0.3 is 14.4 Å². The summed E-state index contributed by atoms with van der Waals surface area (Å²) in [6, 6.07) is 9.80. The van der Waals surface area contributed by atoms with Crippen LogP contribution >= 0.6 is 0 Å². The van der Waals surface area contributed by atoms with Crippen molar-refractivity contribution in [1.82, 2.24) is 4.72 Å². The van der Waals surface area contributed by atoms with Crippen LogP contribution in [-0.4, -0.2) is 41.1 Å². The fourth-order valence-corrected chi connectivity index (χ4v) is 4.62. The van der Waals surface area contributed by atoms with Crippen molar-refractivity contribution in [2.24, 2.45) is 0 Å². The summed E-state index contributed by atoms with van der Waals surface area (Å²) in [5.74, 6) is 0.498. The number of anilines is 1. The van der Waals surface area contributed by atoms with Crippen LogP contribution in [0.5, 0.6) is 11.5 Å². The number of methoxy groups -OCH3 is 2. The van der Waals surface area contributed by atoms with E-state index in [1.165, 1.54) is 26.4 Å². The molecule has 1 heterocycles. The normalized spacial score (nSPS) is 17.1. The van der Waals surface area contributed by atoms with Crippen LogP contribution in [0.3, 0.4) is 0 Å². The highest BCUT2D eigenvalue weighted by Gasteiger charge is 2.34. The topological polar surface area (TPSA) is 84.9 Å². The first-order chi connectivity index (χ1) is 13.2. The van der Waals surface area contributed by atoms with Crippen molar-refractivity contribution in [2.45, 2.75) is 31.2 Å². The van der Waals surface area contributed by atoms with Gasteiger partial charge in [-0.25, -0.2) is 13.1 Å². The number of nitrogens with zero attached hydrogens (tertiary/aromatic N) is 1. The zero-order valence-corrected chi connectivity index (χ0v) is 17.2. The van der Waals surface area contributed by atoms with Crippen molar-refractivity contribution in [3.05, 3.63) is 47.5 Å². The molecular weight excluding hydrogens is 380 g/mol. The van der Waals surface area contributed by atoms with Crippen LogP contribution in [0.1, 0.15) is 17.5 Å². The average molecular weight is 404 g/mol. The molecule has 0 aromatic heterocycles. The zero-order chi connectivity index (χ0) is 20.5. The molecule has 0 unspecified atom stereocenters. The smallest absolute Gasteiger partial charge is 0.244 e. The molecule has 1 N–H and O–H groups in total. The highest BCUT2D eigenvalue weighted by atomic mass is 32.2. The summed E-state index contributed by atoms with van der Waals surface area (Å²) in [6.45, 7) is 4.25. The first-order valence-electron chi connectivity index (χ1n) is 8.87. The monoisotopic (exact) mass is 404 g/mol. The molecule has 3 rings (SSSR count). The largest absolute Gasteiger partial charge is 0.497 e. The van der Waals surface area contributed by atoms with Gasteiger partial charge in [-0.1, -0.05) is 6.07 Å². The summed E-state index contributed by atoms with van der Waals surface area (Å²) in [6.07, 6.45) is 0.0957. The Morgan fingerprint density at radius 2 is 1.79 bits per heavy atom. The number of hydrogen-bond donors (Lipinski definition) is 1. The maximum Gasteiger partial charge on any atom is 0.244 e. The van der Waals surface area contributed by atoms with Crippen LogP contribution in [-0.2, 0) is 14.8 Å². The quantitative estimate of drug-likeness (QED) is 0.799. The number of amides is 1. The third-order valence-corrected chi connectivity index (χ3v) is 6.45. The van der Waals surface area contributed by atoms with Crippen molar-refractivity contribution in [3.63, 3.8) is 0 Å². The van der Waals surface area contributed by atoms with Gasteiger partial charge in [-0.15, -0.1) is 0 Å². The lowest BCUT2D eigenvalue weighted by atomic mass is 10.1. The number of benzene rings is 2. The van der Waals surface area contributed by atoms with Crippen molar-refractivity contribution in [3.8, 4) is 11.5 Å². The maximum atomic E-state index is 12.9. The van der Waals surface area contributed by atoms with Gasteiger partial charge in [0.15, 0.2) is 0 Å². The number of nitrogens with one attached hydrogen (secondary N) is 1. The number of ether oxygens (including phenoxy) is 2. The van der Waals surface area contributed by atoms with Crippen molar-refractivity contribution >= 4 is 21.6 Å². The Morgan fingerprint density at radius 3 is 2.43 bits per heavy atom. The van der Waals surface area contributed by atoms with E-state index in [9.17, 15) is 13.2 Å². The molecule has 2 aromatic rings. The summed E-state index contributed by atoms with van der Waals surface area (Å²) in [5.41, 5.74) is 2.99. The molecule has 1 aliphatic rings. The van der Waals surface area contributed by atoms with Gasteiger partial charge in [0, 0.05) is 30.8 Å². The summed E-state index contributed by atoms with van der Waals surface area (Å²) in [4.78, 5) is 14.1. The first-order valence-corrected chi connectivity index (χ1v) is 10.4. The van der Waals surface area contributed by atoms with Gasteiger partial charge >= 0.3 is 0 Å². The average Bonchev–Trinajstić information content (AvgIpc) is 3.02. The van der Waals surface area contributed by atoms with Crippen LogP contribution in [0.25, 0.3) is 0 Å². The molecule has 28 heavy (non-hydrogen) atoms. The van der Waals surface area contributed by atoms with Crippen LogP contribution in [0.15, 0.2) is 41.3 Å². The van der Waals surface area contributed by atoms with Crippen LogP contribution < -0.4 is 19.1 Å². The molecule has 1 fully saturated rings. The van der Waals surface area contributed by atoms with Gasteiger partial charge in [0.1, 0.15) is 16.4 Å². The summed E-state index contributed by atoms with van der Waals surface area (Å²) < 4.78 is 38.7. The molecule has 0 bridgehead atoms. The first kappa shape index (κ1) is 20.2. The molecule has 0 aliphatic carbocycles. The SMILES string of the molecule is COc1ccc(OC)c(S(=O)(=O)N[C@@H]2CC(=O)N(c3ccc(C)c(C)c3)C2)c1. The third kappa shape index (κ3) is 3.98. The fourth-order valence-electron chi connectivity index (χ4n) is 3.21. The van der Waals surface area contributed by atoms with Gasteiger partial charge in [-0.3, -0.25) is 4.79 Å². The van der Waals surface area contributed by atoms with E-state index in [4.69, 9.17) is 9.47 Å². The van der Waals surface area contributed by atoms with Gasteiger partial charge in [0.05, 0.1) is 14.2 Å². The number of sulfonamides is 1. The summed E-state index contributed by atoms with van der Waals surface area (Å²) >= 11 is 0. The Kier molecular flexibility index (Phi) is 5.62. The molecule has 1 amide bonds. The molecule has 1 atom stereocenters. The predicted molar refractivity (Wildman–Crippen MR) is 107 cm³/mol. The van der Waals surface area contributed by atoms with Gasteiger partial charge in [-0.2, -0.15) is 0 Å². The second-order valence-electron chi connectivity index (χ2n) is 6.81. The van der Waals surface area contributed by atoms with Crippen LogP contribution in [0.4, 0.5) is 5.69 Å². The zero-order valence-electron chi connectivity index (χ0n) is 16.4. The van der Waals surface area contributed by atoms with Crippen molar-refractivity contribution in [2.75, 3.05) is 25.7 Å². The van der Waals surface area contributed by atoms with E-state index in [2.05, 4.69) is 4.72 Å². The van der Waals surface area contributed by atoms with Gasteiger partial charge in [0.25, 0.3) is 0 Å². The minimum Gasteiger partial charge on any atom is -0.497 e. The number of rotatable bonds is 6. The lowest BCUT2D eigenvalue weighted by Gasteiger charge is -2.19. The van der Waals surface area contributed by atoms with E-state index >= 15 is 0 Å². The lowest BCUT2D eigenvalue weighted by Crippen LogP contribution is -2.37. The fraction of sp³-hybridized carbons (Fsp3) is 0.350. The Bertz CT molecular complexity index is 1000. The molecule has 150 valence electrons. The molecule has 8 heteroatoms. The van der Waals surface area contributed by atoms with E-state index < -0.39 is 16.1 Å². The Hall–Kier alpha value is -2.58. The van der Waals surface area contributed by atoms with Crippen molar-refractivity contribution in [1.29, 1.82) is 0 Å². The predicted octanol–water partition coefficient (Wildman–Crippen LogP) is 2.40. The van der Waals surface area contributed by atoms with Crippen molar-refractivity contribution < 1.29 is 22.7 Å².